The summed E-state index contributed by atoms with van der Waals surface area (Å²) in [6.07, 6.45) is 9.02. The van der Waals surface area contributed by atoms with Gasteiger partial charge in [0, 0.05) is 23.2 Å². The summed E-state index contributed by atoms with van der Waals surface area (Å²) in [6, 6.07) is 12.1. The SMILES string of the molecule is CC1CCC(NC(=O)c2ccc3cc(C(=O)NC4CCC(C)CC4)ccc3c2)CC1. The maximum absolute atomic E-state index is 12.7. The van der Waals surface area contributed by atoms with Gasteiger partial charge in [-0.05, 0) is 98.2 Å². The van der Waals surface area contributed by atoms with E-state index in [0.717, 1.165) is 48.3 Å². The van der Waals surface area contributed by atoms with Gasteiger partial charge in [-0.1, -0.05) is 26.0 Å². The summed E-state index contributed by atoms with van der Waals surface area (Å²) >= 11 is 0. The normalized spacial score (nSPS) is 26.9. The molecule has 0 bridgehead atoms. The van der Waals surface area contributed by atoms with Crippen LogP contribution in [-0.4, -0.2) is 23.9 Å². The molecule has 30 heavy (non-hydrogen) atoms. The first kappa shape index (κ1) is 20.9. The molecule has 0 aromatic heterocycles. The summed E-state index contributed by atoms with van der Waals surface area (Å²) < 4.78 is 0. The van der Waals surface area contributed by atoms with E-state index in [4.69, 9.17) is 0 Å². The summed E-state index contributed by atoms with van der Waals surface area (Å²) in [5.41, 5.74) is 1.38. The van der Waals surface area contributed by atoms with Gasteiger partial charge >= 0.3 is 0 Å². The van der Waals surface area contributed by atoms with Crippen molar-refractivity contribution in [3.63, 3.8) is 0 Å². The summed E-state index contributed by atoms with van der Waals surface area (Å²) in [7, 11) is 0. The number of rotatable bonds is 4. The fourth-order valence-corrected chi connectivity index (χ4v) is 4.87. The molecule has 0 saturated heterocycles. The van der Waals surface area contributed by atoms with Gasteiger partial charge in [0.15, 0.2) is 0 Å². The van der Waals surface area contributed by atoms with E-state index < -0.39 is 0 Å². The topological polar surface area (TPSA) is 58.2 Å². The number of hydrogen-bond donors (Lipinski definition) is 2. The summed E-state index contributed by atoms with van der Waals surface area (Å²) in [5, 5.41) is 8.37. The Hall–Kier alpha value is -2.36. The lowest BCUT2D eigenvalue weighted by Gasteiger charge is -2.27. The van der Waals surface area contributed by atoms with Crippen molar-refractivity contribution in [3.8, 4) is 0 Å². The van der Waals surface area contributed by atoms with Crippen molar-refractivity contribution < 1.29 is 9.59 Å². The Kier molecular flexibility index (Phi) is 6.40. The number of nitrogens with one attached hydrogen (secondary N) is 2. The van der Waals surface area contributed by atoms with Gasteiger partial charge in [0.1, 0.15) is 0 Å². The van der Waals surface area contributed by atoms with Crippen LogP contribution >= 0.6 is 0 Å². The Morgan fingerprint density at radius 3 is 1.37 bits per heavy atom. The average Bonchev–Trinajstić information content (AvgIpc) is 2.76. The van der Waals surface area contributed by atoms with E-state index in [2.05, 4.69) is 24.5 Å². The molecule has 160 valence electrons. The van der Waals surface area contributed by atoms with Crippen LogP contribution in [0.5, 0.6) is 0 Å². The van der Waals surface area contributed by atoms with E-state index in [1.807, 2.05) is 36.4 Å². The molecular formula is C26H34N2O2. The van der Waals surface area contributed by atoms with Gasteiger partial charge in [-0.2, -0.15) is 0 Å². The third-order valence-corrected chi connectivity index (χ3v) is 7.07. The van der Waals surface area contributed by atoms with E-state index in [-0.39, 0.29) is 11.8 Å². The second-order valence-corrected chi connectivity index (χ2v) is 9.64. The molecule has 2 saturated carbocycles. The van der Waals surface area contributed by atoms with Crippen LogP contribution < -0.4 is 10.6 Å². The van der Waals surface area contributed by atoms with Crippen molar-refractivity contribution >= 4 is 22.6 Å². The minimum atomic E-state index is 0.00444. The Morgan fingerprint density at radius 1 is 0.633 bits per heavy atom. The molecule has 0 atom stereocenters. The fraction of sp³-hybridized carbons (Fsp3) is 0.538. The number of amides is 2. The zero-order valence-corrected chi connectivity index (χ0v) is 18.2. The first-order valence-electron chi connectivity index (χ1n) is 11.6. The number of hydrogen-bond acceptors (Lipinski definition) is 2. The van der Waals surface area contributed by atoms with Gasteiger partial charge in [0.2, 0.25) is 0 Å². The lowest BCUT2D eigenvalue weighted by atomic mass is 9.87. The van der Waals surface area contributed by atoms with Gasteiger partial charge in [0.05, 0.1) is 0 Å². The lowest BCUT2D eigenvalue weighted by molar-refractivity contribution is 0.0914. The van der Waals surface area contributed by atoms with E-state index in [0.29, 0.717) is 23.2 Å². The van der Waals surface area contributed by atoms with Crippen molar-refractivity contribution in [3.05, 3.63) is 47.5 Å². The first-order chi connectivity index (χ1) is 14.5. The molecule has 4 nitrogen and oxygen atoms in total. The molecule has 2 fully saturated rings. The van der Waals surface area contributed by atoms with E-state index in [1.54, 1.807) is 0 Å². The van der Waals surface area contributed by atoms with Crippen LogP contribution in [0.3, 0.4) is 0 Å². The molecule has 4 heteroatoms. The monoisotopic (exact) mass is 406 g/mol. The van der Waals surface area contributed by atoms with Crippen molar-refractivity contribution in [1.29, 1.82) is 0 Å². The minimum absolute atomic E-state index is 0.00444. The Labute approximate surface area is 179 Å². The molecule has 0 unspecified atom stereocenters. The number of carbonyl (C=O) groups is 2. The van der Waals surface area contributed by atoms with E-state index >= 15 is 0 Å². The predicted octanol–water partition coefficient (Wildman–Crippen LogP) is 5.46. The van der Waals surface area contributed by atoms with Crippen LogP contribution in [0.4, 0.5) is 0 Å². The minimum Gasteiger partial charge on any atom is -0.349 e. The highest BCUT2D eigenvalue weighted by molar-refractivity contribution is 6.02. The largest absolute Gasteiger partial charge is 0.349 e. The lowest BCUT2D eigenvalue weighted by Crippen LogP contribution is -2.37. The fourth-order valence-electron chi connectivity index (χ4n) is 4.87. The van der Waals surface area contributed by atoms with Gasteiger partial charge in [-0.25, -0.2) is 0 Å². The molecule has 0 heterocycles. The van der Waals surface area contributed by atoms with Crippen LogP contribution in [0.1, 0.15) is 85.9 Å². The Bertz CT molecular complexity index is 831. The zero-order chi connectivity index (χ0) is 21.1. The van der Waals surface area contributed by atoms with Crippen molar-refractivity contribution in [2.45, 2.75) is 77.3 Å². The molecule has 2 amide bonds. The second-order valence-electron chi connectivity index (χ2n) is 9.64. The summed E-state index contributed by atoms with van der Waals surface area (Å²) in [4.78, 5) is 25.4. The van der Waals surface area contributed by atoms with Crippen molar-refractivity contribution in [2.24, 2.45) is 11.8 Å². The molecule has 2 aromatic carbocycles. The van der Waals surface area contributed by atoms with E-state index in [1.165, 1.54) is 25.7 Å². The molecular weight excluding hydrogens is 372 g/mol. The van der Waals surface area contributed by atoms with Crippen LogP contribution in [0.25, 0.3) is 10.8 Å². The highest BCUT2D eigenvalue weighted by Gasteiger charge is 2.22. The Morgan fingerprint density at radius 2 is 1.00 bits per heavy atom. The first-order valence-corrected chi connectivity index (χ1v) is 11.6. The molecule has 0 radical (unpaired) electrons. The molecule has 2 aromatic rings. The van der Waals surface area contributed by atoms with Crippen molar-refractivity contribution in [1.82, 2.24) is 10.6 Å². The molecule has 2 N–H and O–H groups in total. The maximum Gasteiger partial charge on any atom is 0.251 e. The van der Waals surface area contributed by atoms with Gasteiger partial charge in [-0.3, -0.25) is 9.59 Å². The van der Waals surface area contributed by atoms with Crippen molar-refractivity contribution in [2.75, 3.05) is 0 Å². The maximum atomic E-state index is 12.7. The molecule has 2 aliphatic rings. The summed E-state index contributed by atoms with van der Waals surface area (Å²) in [6.45, 7) is 4.57. The van der Waals surface area contributed by atoms with Crippen LogP contribution in [0, 0.1) is 11.8 Å². The second kappa shape index (κ2) is 9.20. The zero-order valence-electron chi connectivity index (χ0n) is 18.2. The highest BCUT2D eigenvalue weighted by atomic mass is 16.2. The van der Waals surface area contributed by atoms with Crippen LogP contribution in [-0.2, 0) is 0 Å². The highest BCUT2D eigenvalue weighted by Crippen LogP contribution is 2.25. The number of fused-ring (bicyclic) bond motifs is 1. The van der Waals surface area contributed by atoms with Gasteiger partial charge < -0.3 is 10.6 Å². The molecule has 0 aliphatic heterocycles. The van der Waals surface area contributed by atoms with Crippen LogP contribution in [0.2, 0.25) is 0 Å². The number of benzene rings is 2. The van der Waals surface area contributed by atoms with Gasteiger partial charge in [-0.15, -0.1) is 0 Å². The quantitative estimate of drug-likeness (QED) is 0.709. The van der Waals surface area contributed by atoms with E-state index in [9.17, 15) is 9.59 Å². The predicted molar refractivity (Wildman–Crippen MR) is 122 cm³/mol. The summed E-state index contributed by atoms with van der Waals surface area (Å²) in [5.74, 6) is 1.55. The standard InChI is InChI=1S/C26H34N2O2/c1-17-3-11-23(12-4-17)27-25(29)21-9-7-20-16-22(10-8-19(20)15-21)26(30)28-24-13-5-18(2)6-14-24/h7-10,15-18,23-24H,3-6,11-14H2,1-2H3,(H,27,29)(H,28,30). The molecule has 4 rings (SSSR count). The molecule has 0 spiro atoms. The third kappa shape index (κ3) is 5.03. The number of carbonyl (C=O) groups excluding carboxylic acids is 2. The smallest absolute Gasteiger partial charge is 0.251 e. The Balaban J connectivity index is 1.40. The average molecular weight is 407 g/mol. The van der Waals surface area contributed by atoms with Crippen LogP contribution in [0.15, 0.2) is 36.4 Å². The third-order valence-electron chi connectivity index (χ3n) is 7.07. The molecule has 2 aliphatic carbocycles. The van der Waals surface area contributed by atoms with Gasteiger partial charge in [0.25, 0.3) is 11.8 Å².